The van der Waals surface area contributed by atoms with E-state index in [9.17, 15) is 9.59 Å². The van der Waals surface area contributed by atoms with Crippen LogP contribution in [0.5, 0.6) is 0 Å². The summed E-state index contributed by atoms with van der Waals surface area (Å²) in [5, 5.41) is 0.711. The van der Waals surface area contributed by atoms with Crippen LogP contribution in [-0.2, 0) is 4.74 Å². The van der Waals surface area contributed by atoms with Gasteiger partial charge in [0, 0.05) is 21.6 Å². The zero-order valence-corrected chi connectivity index (χ0v) is 12.5. The van der Waals surface area contributed by atoms with Gasteiger partial charge in [0.1, 0.15) is 5.60 Å². The minimum Gasteiger partial charge on any atom is -0.443 e. The van der Waals surface area contributed by atoms with Gasteiger partial charge in [-0.1, -0.05) is 12.1 Å². The maximum atomic E-state index is 12.1. The number of ether oxygens (including phenoxy) is 1. The van der Waals surface area contributed by atoms with Crippen molar-refractivity contribution in [3.63, 3.8) is 0 Å². The molecule has 5 heteroatoms. The highest BCUT2D eigenvalue weighted by Crippen LogP contribution is 2.29. The average molecular weight is 324 g/mol. The van der Waals surface area contributed by atoms with Crippen LogP contribution in [0.15, 0.2) is 28.9 Å². The first-order valence-electron chi connectivity index (χ1n) is 5.81. The Labute approximate surface area is 119 Å². The van der Waals surface area contributed by atoms with Crippen LogP contribution in [0, 0.1) is 0 Å². The molecular formula is C14H14BrNO3. The number of benzene rings is 1. The van der Waals surface area contributed by atoms with Crippen LogP contribution in [0.25, 0.3) is 10.9 Å². The Hall–Kier alpha value is -1.62. The lowest BCUT2D eigenvalue weighted by molar-refractivity contribution is 0.0544. The first kappa shape index (κ1) is 13.8. The van der Waals surface area contributed by atoms with Crippen molar-refractivity contribution in [2.75, 3.05) is 0 Å². The summed E-state index contributed by atoms with van der Waals surface area (Å²) in [7, 11) is 0. The molecule has 100 valence electrons. The Morgan fingerprint density at radius 3 is 2.63 bits per heavy atom. The van der Waals surface area contributed by atoms with Crippen molar-refractivity contribution < 1.29 is 14.3 Å². The molecule has 0 spiro atoms. The van der Waals surface area contributed by atoms with Crippen LogP contribution in [0.2, 0.25) is 0 Å². The Bertz CT molecular complexity index is 652. The summed E-state index contributed by atoms with van der Waals surface area (Å²) in [4.78, 5) is 23.2. The Morgan fingerprint density at radius 1 is 1.37 bits per heavy atom. The Balaban J connectivity index is 2.57. The van der Waals surface area contributed by atoms with Gasteiger partial charge in [-0.05, 0) is 42.8 Å². The molecule has 0 N–H and O–H groups in total. The second-order valence-electron chi connectivity index (χ2n) is 5.19. The molecule has 0 aliphatic rings. The molecule has 0 atom stereocenters. The van der Waals surface area contributed by atoms with E-state index in [0.29, 0.717) is 20.9 Å². The number of carbonyl (C=O) groups is 2. The van der Waals surface area contributed by atoms with Crippen molar-refractivity contribution in [3.05, 3.63) is 34.4 Å². The molecule has 0 saturated carbocycles. The fourth-order valence-corrected chi connectivity index (χ4v) is 2.46. The number of hydrogen-bond donors (Lipinski definition) is 0. The molecule has 1 aromatic heterocycles. The molecule has 0 fully saturated rings. The normalized spacial score (nSPS) is 11.6. The molecule has 2 aromatic rings. The monoisotopic (exact) mass is 323 g/mol. The molecule has 1 aromatic carbocycles. The van der Waals surface area contributed by atoms with Gasteiger partial charge < -0.3 is 4.74 Å². The molecule has 1 heterocycles. The third-order valence-corrected chi connectivity index (χ3v) is 3.13. The van der Waals surface area contributed by atoms with E-state index in [-0.39, 0.29) is 0 Å². The molecule has 4 nitrogen and oxygen atoms in total. The van der Waals surface area contributed by atoms with E-state index in [2.05, 4.69) is 15.9 Å². The lowest BCUT2D eigenvalue weighted by Gasteiger charge is -2.19. The highest BCUT2D eigenvalue weighted by Gasteiger charge is 2.21. The lowest BCUT2D eigenvalue weighted by Crippen LogP contribution is -2.26. The number of aldehydes is 1. The van der Waals surface area contributed by atoms with Gasteiger partial charge in [0.05, 0.1) is 5.52 Å². The number of rotatable bonds is 1. The summed E-state index contributed by atoms with van der Waals surface area (Å²) in [6, 6.07) is 5.22. The predicted molar refractivity (Wildman–Crippen MR) is 76.7 cm³/mol. The summed E-state index contributed by atoms with van der Waals surface area (Å²) in [5.41, 5.74) is 0.611. The van der Waals surface area contributed by atoms with Crippen LogP contribution in [0.3, 0.4) is 0 Å². The first-order chi connectivity index (χ1) is 8.83. The number of aromatic nitrogens is 1. The maximum Gasteiger partial charge on any atom is 0.419 e. The quantitative estimate of drug-likeness (QED) is 0.745. The third kappa shape index (κ3) is 2.71. The average Bonchev–Trinajstić information content (AvgIpc) is 2.65. The van der Waals surface area contributed by atoms with Crippen LogP contribution < -0.4 is 0 Å². The summed E-state index contributed by atoms with van der Waals surface area (Å²) in [6.07, 6.45) is 1.92. The molecule has 0 radical (unpaired) electrons. The molecule has 0 unspecified atom stereocenters. The Kier molecular flexibility index (Phi) is 3.49. The first-order valence-corrected chi connectivity index (χ1v) is 6.61. The van der Waals surface area contributed by atoms with Crippen LogP contribution in [-0.4, -0.2) is 22.5 Å². The van der Waals surface area contributed by atoms with Crippen molar-refractivity contribution in [2.45, 2.75) is 26.4 Å². The number of hydrogen-bond acceptors (Lipinski definition) is 3. The lowest BCUT2D eigenvalue weighted by atomic mass is 10.1. The van der Waals surface area contributed by atoms with E-state index in [1.165, 1.54) is 4.57 Å². The van der Waals surface area contributed by atoms with Gasteiger partial charge in [-0.15, -0.1) is 0 Å². The minimum atomic E-state index is -0.567. The summed E-state index contributed by atoms with van der Waals surface area (Å²) < 4.78 is 7.42. The summed E-state index contributed by atoms with van der Waals surface area (Å²) in [5.74, 6) is 0. The van der Waals surface area contributed by atoms with Crippen molar-refractivity contribution in [1.82, 2.24) is 4.57 Å². The molecule has 0 aliphatic carbocycles. The molecule has 0 aliphatic heterocycles. The summed E-state index contributed by atoms with van der Waals surface area (Å²) in [6.45, 7) is 5.42. The fourth-order valence-electron chi connectivity index (χ4n) is 1.83. The van der Waals surface area contributed by atoms with Gasteiger partial charge in [-0.2, -0.15) is 0 Å². The van der Waals surface area contributed by atoms with Crippen molar-refractivity contribution in [1.29, 1.82) is 0 Å². The second-order valence-corrected chi connectivity index (χ2v) is 6.04. The molecule has 0 bridgehead atoms. The molecule has 0 amide bonds. The molecular weight excluding hydrogens is 310 g/mol. The molecule has 2 rings (SSSR count). The van der Waals surface area contributed by atoms with E-state index >= 15 is 0 Å². The zero-order chi connectivity index (χ0) is 14.2. The molecule has 0 saturated heterocycles. The fraction of sp³-hybridized carbons (Fsp3) is 0.286. The van der Waals surface area contributed by atoms with Crippen LogP contribution in [0.1, 0.15) is 31.1 Å². The highest BCUT2D eigenvalue weighted by atomic mass is 79.9. The van der Waals surface area contributed by atoms with Crippen LogP contribution >= 0.6 is 15.9 Å². The van der Waals surface area contributed by atoms with E-state index in [0.717, 1.165) is 6.29 Å². The van der Waals surface area contributed by atoms with Gasteiger partial charge in [0.15, 0.2) is 6.29 Å². The minimum absolute atomic E-state index is 0.466. The smallest absolute Gasteiger partial charge is 0.419 e. The van der Waals surface area contributed by atoms with E-state index in [1.54, 1.807) is 24.4 Å². The predicted octanol–water partition coefficient (Wildman–Crippen LogP) is 4.00. The topological polar surface area (TPSA) is 48.3 Å². The zero-order valence-electron chi connectivity index (χ0n) is 10.9. The Morgan fingerprint density at radius 2 is 2.05 bits per heavy atom. The van der Waals surface area contributed by atoms with E-state index < -0.39 is 11.7 Å². The van der Waals surface area contributed by atoms with Gasteiger partial charge >= 0.3 is 6.09 Å². The number of nitrogens with zero attached hydrogens (tertiary/aromatic N) is 1. The van der Waals surface area contributed by atoms with E-state index in [1.807, 2.05) is 20.8 Å². The third-order valence-electron chi connectivity index (χ3n) is 2.53. The number of halogens is 1. The van der Waals surface area contributed by atoms with Crippen molar-refractivity contribution >= 4 is 39.2 Å². The largest absolute Gasteiger partial charge is 0.443 e. The van der Waals surface area contributed by atoms with Gasteiger partial charge in [-0.3, -0.25) is 9.36 Å². The van der Waals surface area contributed by atoms with Gasteiger partial charge in [0.25, 0.3) is 0 Å². The van der Waals surface area contributed by atoms with Crippen molar-refractivity contribution in [3.8, 4) is 0 Å². The van der Waals surface area contributed by atoms with Gasteiger partial charge in [0.2, 0.25) is 0 Å². The maximum absolute atomic E-state index is 12.1. The van der Waals surface area contributed by atoms with Crippen LogP contribution in [0.4, 0.5) is 4.79 Å². The standard InChI is InChI=1S/C14H14BrNO3/c1-14(2,3)19-13(18)16-7-10(15)12-9(8-17)5-4-6-11(12)16/h4-8H,1-3H3. The molecule has 19 heavy (non-hydrogen) atoms. The highest BCUT2D eigenvalue weighted by molar-refractivity contribution is 9.10. The number of fused-ring (bicyclic) bond motifs is 1. The van der Waals surface area contributed by atoms with E-state index in [4.69, 9.17) is 4.74 Å². The number of carbonyl (C=O) groups excluding carboxylic acids is 2. The van der Waals surface area contributed by atoms with Gasteiger partial charge in [-0.25, -0.2) is 4.79 Å². The van der Waals surface area contributed by atoms with Crippen molar-refractivity contribution in [2.24, 2.45) is 0 Å². The second kappa shape index (κ2) is 4.81. The summed E-state index contributed by atoms with van der Waals surface area (Å²) >= 11 is 3.37. The SMILES string of the molecule is CC(C)(C)OC(=O)n1cc(Br)c2c(C=O)cccc21.